The number of hydrogen-bond acceptors (Lipinski definition) is 5. The van der Waals surface area contributed by atoms with E-state index in [2.05, 4.69) is 10.5 Å². The maximum absolute atomic E-state index is 5.40. The molecule has 1 fully saturated rings. The Morgan fingerprint density at radius 2 is 2.14 bits per heavy atom. The van der Waals surface area contributed by atoms with E-state index in [9.17, 15) is 0 Å². The van der Waals surface area contributed by atoms with Gasteiger partial charge >= 0.3 is 0 Å². The fourth-order valence-corrected chi connectivity index (χ4v) is 2.46. The zero-order chi connectivity index (χ0) is 14.5. The smallest absolute Gasteiger partial charge is 0.151 e. The highest BCUT2D eigenvalue weighted by Gasteiger charge is 2.14. The van der Waals surface area contributed by atoms with Crippen LogP contribution in [0.5, 0.6) is 5.75 Å². The molecule has 1 saturated heterocycles. The topological polar surface area (TPSA) is 56.5 Å². The lowest BCUT2D eigenvalue weighted by molar-refractivity contribution is 0.0769. The summed E-state index contributed by atoms with van der Waals surface area (Å²) in [5, 5.41) is 7.62. The van der Waals surface area contributed by atoms with Gasteiger partial charge in [0.2, 0.25) is 0 Å². The highest BCUT2D eigenvalue weighted by molar-refractivity contribution is 5.60. The third-order valence-electron chi connectivity index (χ3n) is 3.71. The summed E-state index contributed by atoms with van der Waals surface area (Å²) in [6.07, 6.45) is 2.10. The highest BCUT2D eigenvalue weighted by Crippen LogP contribution is 2.23. The normalized spacial score (nSPS) is 16.0. The first-order valence-corrected chi connectivity index (χ1v) is 7.26. The Balaban J connectivity index is 1.62. The molecule has 1 aromatic heterocycles. The average molecular weight is 288 g/mol. The Bertz CT molecular complexity index is 576. The molecule has 3 rings (SSSR count). The molecule has 1 aromatic carbocycles. The molecule has 1 N–H and O–H groups in total. The molecule has 1 aliphatic rings. The molecule has 2 aromatic rings. The van der Waals surface area contributed by atoms with Crippen molar-refractivity contribution in [2.24, 2.45) is 0 Å². The van der Waals surface area contributed by atoms with Crippen LogP contribution in [0.4, 0.5) is 0 Å². The summed E-state index contributed by atoms with van der Waals surface area (Å²) in [7, 11) is 1.66. The van der Waals surface area contributed by atoms with Gasteiger partial charge in [-0.15, -0.1) is 0 Å². The second-order valence-electron chi connectivity index (χ2n) is 5.18. The maximum Gasteiger partial charge on any atom is 0.151 e. The van der Waals surface area contributed by atoms with Crippen LogP contribution in [-0.4, -0.2) is 31.5 Å². The van der Waals surface area contributed by atoms with E-state index in [-0.39, 0.29) is 0 Å². The molecule has 0 spiro atoms. The maximum atomic E-state index is 5.40. The predicted molar refractivity (Wildman–Crippen MR) is 79.2 cm³/mol. The summed E-state index contributed by atoms with van der Waals surface area (Å²) in [6.45, 7) is 2.37. The summed E-state index contributed by atoms with van der Waals surface area (Å²) in [5.41, 5.74) is 1.83. The second kappa shape index (κ2) is 6.74. The van der Waals surface area contributed by atoms with Gasteiger partial charge in [-0.3, -0.25) is 0 Å². The molecule has 112 valence electrons. The van der Waals surface area contributed by atoms with E-state index in [4.69, 9.17) is 14.0 Å². The van der Waals surface area contributed by atoms with Gasteiger partial charge < -0.3 is 19.3 Å². The predicted octanol–water partition coefficient (Wildman–Crippen LogP) is 2.62. The zero-order valence-electron chi connectivity index (χ0n) is 12.2. The summed E-state index contributed by atoms with van der Waals surface area (Å²) < 4.78 is 16.0. The number of aromatic nitrogens is 1. The highest BCUT2D eigenvalue weighted by atomic mass is 16.5. The monoisotopic (exact) mass is 288 g/mol. The van der Waals surface area contributed by atoms with E-state index in [0.29, 0.717) is 12.6 Å². The van der Waals surface area contributed by atoms with Gasteiger partial charge in [-0.25, -0.2) is 0 Å². The number of nitrogens with one attached hydrogen (secondary N) is 1. The number of methoxy groups -OCH3 is 1. The molecule has 0 bridgehead atoms. The first-order valence-electron chi connectivity index (χ1n) is 7.26. The van der Waals surface area contributed by atoms with Gasteiger partial charge in [-0.1, -0.05) is 17.3 Å². The van der Waals surface area contributed by atoms with Gasteiger partial charge in [0.1, 0.15) is 11.4 Å². The van der Waals surface area contributed by atoms with Crippen LogP contribution in [0.2, 0.25) is 0 Å². The van der Waals surface area contributed by atoms with Crippen LogP contribution < -0.4 is 10.1 Å². The van der Waals surface area contributed by atoms with Crippen molar-refractivity contribution in [2.45, 2.75) is 25.4 Å². The lowest BCUT2D eigenvalue weighted by Gasteiger charge is -2.22. The molecule has 0 aliphatic carbocycles. The van der Waals surface area contributed by atoms with E-state index in [1.165, 1.54) is 0 Å². The van der Waals surface area contributed by atoms with Crippen molar-refractivity contribution < 1.29 is 14.0 Å². The van der Waals surface area contributed by atoms with Crippen molar-refractivity contribution in [3.63, 3.8) is 0 Å². The molecular weight excluding hydrogens is 268 g/mol. The molecular formula is C16H20N2O3. The van der Waals surface area contributed by atoms with Crippen LogP contribution in [0.1, 0.15) is 18.6 Å². The van der Waals surface area contributed by atoms with Crippen molar-refractivity contribution in [1.29, 1.82) is 0 Å². The fraction of sp³-hybridized carbons (Fsp3) is 0.438. The standard InChI is InChI=1S/C16H20N2O3/c1-19-14-4-2-3-12(9-14)16-10-15(21-18-16)11-17-13-5-7-20-8-6-13/h2-4,9-10,13,17H,5-8,11H2,1H3. The molecule has 5 nitrogen and oxygen atoms in total. The second-order valence-corrected chi connectivity index (χ2v) is 5.18. The average Bonchev–Trinajstić information content (AvgIpc) is 3.03. The van der Waals surface area contributed by atoms with Crippen LogP contribution in [0, 0.1) is 0 Å². The molecule has 21 heavy (non-hydrogen) atoms. The van der Waals surface area contributed by atoms with Crippen molar-refractivity contribution >= 4 is 0 Å². The number of ether oxygens (including phenoxy) is 2. The van der Waals surface area contributed by atoms with E-state index in [1.54, 1.807) is 7.11 Å². The minimum absolute atomic E-state index is 0.504. The molecule has 1 aliphatic heterocycles. The number of nitrogens with zero attached hydrogens (tertiary/aromatic N) is 1. The van der Waals surface area contributed by atoms with Gasteiger partial charge in [0.05, 0.1) is 13.7 Å². The van der Waals surface area contributed by atoms with Gasteiger partial charge in [-0.2, -0.15) is 0 Å². The van der Waals surface area contributed by atoms with Crippen molar-refractivity contribution in [1.82, 2.24) is 10.5 Å². The summed E-state index contributed by atoms with van der Waals surface area (Å²) in [6, 6.07) is 10.3. The van der Waals surface area contributed by atoms with E-state index >= 15 is 0 Å². The summed E-state index contributed by atoms with van der Waals surface area (Å²) in [5.74, 6) is 1.66. The zero-order valence-corrected chi connectivity index (χ0v) is 12.2. The summed E-state index contributed by atoms with van der Waals surface area (Å²) in [4.78, 5) is 0. The van der Waals surface area contributed by atoms with Crippen LogP contribution in [0.25, 0.3) is 11.3 Å². The van der Waals surface area contributed by atoms with Gasteiger partial charge in [0.15, 0.2) is 5.76 Å². The number of benzene rings is 1. The van der Waals surface area contributed by atoms with E-state index in [1.807, 2.05) is 30.3 Å². The Morgan fingerprint density at radius 3 is 2.95 bits per heavy atom. The molecule has 0 unspecified atom stereocenters. The van der Waals surface area contributed by atoms with E-state index in [0.717, 1.165) is 48.8 Å². The van der Waals surface area contributed by atoms with E-state index < -0.39 is 0 Å². The van der Waals surface area contributed by atoms with Crippen molar-refractivity contribution in [3.8, 4) is 17.0 Å². The van der Waals surface area contributed by atoms with Crippen LogP contribution in [0.3, 0.4) is 0 Å². The SMILES string of the molecule is COc1cccc(-c2cc(CNC3CCOCC3)on2)c1. The molecule has 0 amide bonds. The molecule has 0 saturated carbocycles. The van der Waals surface area contributed by atoms with Crippen LogP contribution >= 0.6 is 0 Å². The van der Waals surface area contributed by atoms with Crippen molar-refractivity contribution in [3.05, 3.63) is 36.1 Å². The molecule has 0 radical (unpaired) electrons. The molecule has 0 atom stereocenters. The minimum atomic E-state index is 0.504. The van der Waals surface area contributed by atoms with Gasteiger partial charge in [-0.05, 0) is 25.0 Å². The largest absolute Gasteiger partial charge is 0.497 e. The fourth-order valence-electron chi connectivity index (χ4n) is 2.46. The lowest BCUT2D eigenvalue weighted by Crippen LogP contribution is -2.34. The molecule has 2 heterocycles. The van der Waals surface area contributed by atoms with Gasteiger partial charge in [0, 0.05) is 30.9 Å². The van der Waals surface area contributed by atoms with Gasteiger partial charge in [0.25, 0.3) is 0 Å². The number of rotatable bonds is 5. The first-order chi connectivity index (χ1) is 10.3. The number of hydrogen-bond donors (Lipinski definition) is 1. The Labute approximate surface area is 124 Å². The summed E-state index contributed by atoms with van der Waals surface area (Å²) >= 11 is 0. The third kappa shape index (κ3) is 3.62. The Kier molecular flexibility index (Phi) is 4.52. The third-order valence-corrected chi connectivity index (χ3v) is 3.71. The Hall–Kier alpha value is -1.85. The van der Waals surface area contributed by atoms with Crippen molar-refractivity contribution in [2.75, 3.05) is 20.3 Å². The van der Waals surface area contributed by atoms with Crippen LogP contribution in [-0.2, 0) is 11.3 Å². The van der Waals surface area contributed by atoms with Crippen LogP contribution in [0.15, 0.2) is 34.9 Å². The lowest BCUT2D eigenvalue weighted by atomic mass is 10.1. The Morgan fingerprint density at radius 1 is 1.29 bits per heavy atom. The minimum Gasteiger partial charge on any atom is -0.497 e. The quantitative estimate of drug-likeness (QED) is 0.916. The molecule has 5 heteroatoms. The first kappa shape index (κ1) is 14.1.